The molecular formula is C22H19N5O4. The second kappa shape index (κ2) is 6.82. The fourth-order valence-corrected chi connectivity index (χ4v) is 4.42. The first-order valence-electron chi connectivity index (χ1n) is 9.96. The van der Waals surface area contributed by atoms with Crippen LogP contribution in [-0.4, -0.2) is 59.8 Å². The van der Waals surface area contributed by atoms with E-state index in [9.17, 15) is 15.3 Å². The Balaban J connectivity index is 1.38. The first-order chi connectivity index (χ1) is 15.2. The molecule has 0 spiro atoms. The lowest BCUT2D eigenvalue weighted by Crippen LogP contribution is -2.33. The van der Waals surface area contributed by atoms with Crippen molar-refractivity contribution in [2.45, 2.75) is 24.5 Å². The van der Waals surface area contributed by atoms with E-state index in [-0.39, 0.29) is 0 Å². The van der Waals surface area contributed by atoms with Crippen molar-refractivity contribution in [3.63, 3.8) is 0 Å². The molecule has 6 rings (SSSR count). The summed E-state index contributed by atoms with van der Waals surface area (Å²) in [7, 11) is 0. The zero-order valence-corrected chi connectivity index (χ0v) is 16.3. The van der Waals surface area contributed by atoms with Crippen LogP contribution in [-0.2, 0) is 4.74 Å². The van der Waals surface area contributed by atoms with Gasteiger partial charge in [-0.05, 0) is 22.4 Å². The van der Waals surface area contributed by atoms with Crippen LogP contribution in [0.5, 0.6) is 0 Å². The van der Waals surface area contributed by atoms with Gasteiger partial charge in [0.15, 0.2) is 23.2 Å². The van der Waals surface area contributed by atoms with Crippen LogP contribution in [0.2, 0.25) is 0 Å². The van der Waals surface area contributed by atoms with E-state index in [0.717, 1.165) is 16.8 Å². The summed E-state index contributed by atoms with van der Waals surface area (Å²) in [4.78, 5) is 13.1. The van der Waals surface area contributed by atoms with E-state index in [2.05, 4.69) is 50.6 Å². The Morgan fingerprint density at radius 3 is 2.68 bits per heavy atom. The van der Waals surface area contributed by atoms with Crippen LogP contribution in [0.15, 0.2) is 49.1 Å². The maximum absolute atomic E-state index is 10.4. The van der Waals surface area contributed by atoms with Crippen LogP contribution >= 0.6 is 0 Å². The molecule has 4 atom stereocenters. The Morgan fingerprint density at radius 2 is 1.87 bits per heavy atom. The fraction of sp³-hybridized carbons (Fsp3) is 0.227. The molecule has 0 radical (unpaired) electrons. The normalized spacial score (nSPS) is 24.8. The number of hydrogen-bond acceptors (Lipinski definition) is 8. The number of benzene rings is 2. The average molecular weight is 417 g/mol. The van der Waals surface area contributed by atoms with Crippen molar-refractivity contribution in [1.29, 1.82) is 0 Å². The summed E-state index contributed by atoms with van der Waals surface area (Å²) < 4.78 is 7.17. The molecule has 2 aromatic heterocycles. The van der Waals surface area contributed by atoms with Gasteiger partial charge in [0.25, 0.3) is 0 Å². The van der Waals surface area contributed by atoms with Crippen LogP contribution in [0.3, 0.4) is 0 Å². The standard InChI is InChI=1S/C22H19N5O4/c28-8-15-18(29)19(30)22(31-15)27-10-25-17-20(23-9-24-21(17)27)26-14-7-12-5-1-3-11-4-2-6-13(14)16(11)12/h1-7,9-10,15,18-19,22,28-30H,8H2,(H,23,24,26)/t15-,18-,19-,22-/m1/s1. The van der Waals surface area contributed by atoms with Crippen molar-refractivity contribution in [2.24, 2.45) is 0 Å². The van der Waals surface area contributed by atoms with Crippen molar-refractivity contribution in [1.82, 2.24) is 19.5 Å². The van der Waals surface area contributed by atoms with Gasteiger partial charge in [0, 0.05) is 11.3 Å². The molecule has 4 aromatic rings. The first kappa shape index (κ1) is 18.4. The van der Waals surface area contributed by atoms with Crippen molar-refractivity contribution < 1.29 is 20.1 Å². The van der Waals surface area contributed by atoms with E-state index in [1.165, 1.54) is 23.4 Å². The van der Waals surface area contributed by atoms with E-state index in [1.54, 1.807) is 4.57 Å². The summed E-state index contributed by atoms with van der Waals surface area (Å²) in [6.45, 7) is -0.399. The number of nitrogens with zero attached hydrogens (tertiary/aromatic N) is 4. The van der Waals surface area contributed by atoms with Gasteiger partial charge in [-0.2, -0.15) is 0 Å². The SMILES string of the molecule is OC[C@H]1O[C@@H](n2cnc3c(NC4=Cc5cccc6cccc4c56)ncnc32)[C@H](O)[C@@H]1O. The molecule has 156 valence electrons. The molecule has 9 heteroatoms. The summed E-state index contributed by atoms with van der Waals surface area (Å²) >= 11 is 0. The molecule has 0 amide bonds. The lowest BCUT2D eigenvalue weighted by atomic mass is 10.0. The largest absolute Gasteiger partial charge is 0.394 e. The molecule has 1 saturated heterocycles. The summed E-state index contributed by atoms with van der Waals surface area (Å²) in [5, 5.41) is 35.5. The number of aliphatic hydroxyl groups is 3. The maximum Gasteiger partial charge on any atom is 0.167 e. The molecule has 3 heterocycles. The number of fused-ring (bicyclic) bond motifs is 1. The highest BCUT2D eigenvalue weighted by Gasteiger charge is 2.44. The molecule has 9 nitrogen and oxygen atoms in total. The highest BCUT2D eigenvalue weighted by Crippen LogP contribution is 2.38. The van der Waals surface area contributed by atoms with Crippen LogP contribution in [0.25, 0.3) is 33.7 Å². The van der Waals surface area contributed by atoms with Crippen molar-refractivity contribution in [3.8, 4) is 0 Å². The van der Waals surface area contributed by atoms with Gasteiger partial charge in [0.05, 0.1) is 12.9 Å². The lowest BCUT2D eigenvalue weighted by Gasteiger charge is -2.16. The Morgan fingerprint density at radius 1 is 1.03 bits per heavy atom. The van der Waals surface area contributed by atoms with Crippen LogP contribution in [0.4, 0.5) is 5.82 Å². The van der Waals surface area contributed by atoms with Gasteiger partial charge in [0.2, 0.25) is 0 Å². The molecule has 2 aliphatic rings. The number of aromatic nitrogens is 4. The van der Waals surface area contributed by atoms with Gasteiger partial charge in [-0.15, -0.1) is 0 Å². The lowest BCUT2D eigenvalue weighted by molar-refractivity contribution is -0.0511. The number of hydrogen-bond donors (Lipinski definition) is 4. The summed E-state index contributed by atoms with van der Waals surface area (Å²) in [6, 6.07) is 12.4. The van der Waals surface area contributed by atoms with Gasteiger partial charge in [-0.25, -0.2) is 15.0 Å². The molecule has 1 aliphatic heterocycles. The van der Waals surface area contributed by atoms with E-state index >= 15 is 0 Å². The highest BCUT2D eigenvalue weighted by atomic mass is 16.6. The molecule has 0 unspecified atom stereocenters. The zero-order valence-electron chi connectivity index (χ0n) is 16.3. The molecule has 2 aromatic carbocycles. The number of imidazole rings is 1. The van der Waals surface area contributed by atoms with Gasteiger partial charge < -0.3 is 25.4 Å². The van der Waals surface area contributed by atoms with Gasteiger partial charge in [0.1, 0.15) is 24.6 Å². The predicted molar refractivity (Wildman–Crippen MR) is 114 cm³/mol. The van der Waals surface area contributed by atoms with E-state index < -0.39 is 31.1 Å². The van der Waals surface area contributed by atoms with Crippen molar-refractivity contribution >= 4 is 39.5 Å². The van der Waals surface area contributed by atoms with E-state index in [4.69, 9.17) is 4.74 Å². The topological polar surface area (TPSA) is 126 Å². The van der Waals surface area contributed by atoms with Crippen LogP contribution in [0.1, 0.15) is 17.4 Å². The second-order valence-electron chi connectivity index (χ2n) is 7.71. The van der Waals surface area contributed by atoms with Crippen molar-refractivity contribution in [3.05, 3.63) is 60.2 Å². The Bertz CT molecular complexity index is 1350. The quantitative estimate of drug-likeness (QED) is 0.394. The van der Waals surface area contributed by atoms with E-state index in [1.807, 2.05) is 12.1 Å². The Hall–Kier alpha value is -3.37. The minimum atomic E-state index is -1.22. The Labute approximate surface area is 176 Å². The zero-order chi connectivity index (χ0) is 21.1. The van der Waals surface area contributed by atoms with Crippen molar-refractivity contribution in [2.75, 3.05) is 11.9 Å². The number of rotatable bonds is 4. The third kappa shape index (κ3) is 2.68. The summed E-state index contributed by atoms with van der Waals surface area (Å²) in [5.41, 5.74) is 4.08. The van der Waals surface area contributed by atoms with Gasteiger partial charge in [-0.3, -0.25) is 4.57 Å². The third-order valence-corrected chi connectivity index (χ3v) is 5.93. The number of ether oxygens (including phenoxy) is 1. The minimum Gasteiger partial charge on any atom is -0.394 e. The highest BCUT2D eigenvalue weighted by molar-refractivity contribution is 6.11. The second-order valence-corrected chi connectivity index (χ2v) is 7.71. The number of nitrogens with one attached hydrogen (secondary N) is 1. The first-order valence-corrected chi connectivity index (χ1v) is 9.96. The summed E-state index contributed by atoms with van der Waals surface area (Å²) in [6.07, 6.45) is 0.772. The van der Waals surface area contributed by atoms with E-state index in [0.29, 0.717) is 17.0 Å². The minimum absolute atomic E-state index is 0.399. The number of anilines is 1. The maximum atomic E-state index is 10.4. The molecule has 0 saturated carbocycles. The number of aliphatic hydroxyl groups excluding tert-OH is 3. The smallest absolute Gasteiger partial charge is 0.167 e. The average Bonchev–Trinajstić information content (AvgIpc) is 3.45. The molecule has 4 N–H and O–H groups in total. The van der Waals surface area contributed by atoms with Gasteiger partial charge >= 0.3 is 0 Å². The monoisotopic (exact) mass is 417 g/mol. The molecular weight excluding hydrogens is 398 g/mol. The van der Waals surface area contributed by atoms with Gasteiger partial charge in [-0.1, -0.05) is 36.4 Å². The fourth-order valence-electron chi connectivity index (χ4n) is 4.42. The molecule has 1 aliphatic carbocycles. The predicted octanol–water partition coefficient (Wildman–Crippen LogP) is 1.51. The van der Waals surface area contributed by atoms with Crippen LogP contribution in [0, 0.1) is 0 Å². The Kier molecular flexibility index (Phi) is 4.05. The summed E-state index contributed by atoms with van der Waals surface area (Å²) in [5.74, 6) is 0.520. The third-order valence-electron chi connectivity index (χ3n) is 5.93. The van der Waals surface area contributed by atoms with Crippen LogP contribution < -0.4 is 5.32 Å². The molecule has 31 heavy (non-hydrogen) atoms. The molecule has 1 fully saturated rings. The molecule has 0 bridgehead atoms.